The zero-order valence-corrected chi connectivity index (χ0v) is 14.0. The number of benzene rings is 2. The van der Waals surface area contributed by atoms with Crippen LogP contribution in [0, 0.1) is 11.3 Å². The smallest absolute Gasteiger partial charge is 0.240 e. The third-order valence-electron chi connectivity index (χ3n) is 3.59. The third-order valence-corrected chi connectivity index (χ3v) is 5.01. The summed E-state index contributed by atoms with van der Waals surface area (Å²) < 4.78 is 28.8. The number of nitrogens with one attached hydrogen (secondary N) is 1. The molecule has 0 aliphatic rings. The highest BCUT2D eigenvalue weighted by Gasteiger charge is 2.13. The van der Waals surface area contributed by atoms with Gasteiger partial charge in [0.05, 0.1) is 23.1 Å². The van der Waals surface area contributed by atoms with Crippen LogP contribution >= 0.6 is 0 Å². The lowest BCUT2D eigenvalue weighted by atomic mass is 10.1. The van der Waals surface area contributed by atoms with Gasteiger partial charge in [0.1, 0.15) is 12.7 Å². The van der Waals surface area contributed by atoms with E-state index in [-0.39, 0.29) is 11.4 Å². The van der Waals surface area contributed by atoms with Crippen molar-refractivity contribution >= 4 is 10.0 Å². The molecule has 1 N–H and O–H groups in total. The molecule has 3 aromatic rings. The molecule has 0 saturated heterocycles. The Morgan fingerprint density at radius 2 is 1.72 bits per heavy atom. The molecule has 126 valence electrons. The predicted octanol–water partition coefficient (Wildman–Crippen LogP) is 1.68. The van der Waals surface area contributed by atoms with Crippen molar-refractivity contribution in [3.8, 4) is 6.07 Å². The van der Waals surface area contributed by atoms with Gasteiger partial charge in [0, 0.05) is 6.54 Å². The minimum atomic E-state index is -3.62. The number of aromatic nitrogens is 3. The molecule has 8 heteroatoms. The summed E-state index contributed by atoms with van der Waals surface area (Å²) in [4.78, 5) is 4.02. The highest BCUT2D eigenvalue weighted by Crippen LogP contribution is 2.12. The second-order valence-electron chi connectivity index (χ2n) is 5.37. The first kappa shape index (κ1) is 16.8. The minimum Gasteiger partial charge on any atom is -0.249 e. The summed E-state index contributed by atoms with van der Waals surface area (Å²) in [7, 11) is -3.62. The normalized spacial score (nSPS) is 11.2. The molecule has 0 fully saturated rings. The molecular formula is C17H15N5O2S. The molecule has 1 aromatic heterocycles. The molecule has 0 radical (unpaired) electrons. The van der Waals surface area contributed by atoms with Crippen LogP contribution in [0.15, 0.2) is 66.1 Å². The van der Waals surface area contributed by atoms with Crippen molar-refractivity contribution in [3.05, 3.63) is 77.9 Å². The molecule has 0 atom stereocenters. The summed E-state index contributed by atoms with van der Waals surface area (Å²) >= 11 is 0. The number of hydrogen-bond acceptors (Lipinski definition) is 5. The molecular weight excluding hydrogens is 338 g/mol. The highest BCUT2D eigenvalue weighted by molar-refractivity contribution is 7.89. The van der Waals surface area contributed by atoms with E-state index in [1.807, 2.05) is 30.3 Å². The van der Waals surface area contributed by atoms with E-state index in [1.54, 1.807) is 11.0 Å². The summed E-state index contributed by atoms with van der Waals surface area (Å²) in [5.74, 6) is 0. The highest BCUT2D eigenvalue weighted by atomic mass is 32.2. The lowest BCUT2D eigenvalue weighted by molar-refractivity contribution is 0.581. The Kier molecular flexibility index (Phi) is 4.88. The Balaban J connectivity index is 1.63. The Morgan fingerprint density at radius 1 is 1.04 bits per heavy atom. The van der Waals surface area contributed by atoms with Gasteiger partial charge in [-0.3, -0.25) is 0 Å². The first-order chi connectivity index (χ1) is 12.1. The summed E-state index contributed by atoms with van der Waals surface area (Å²) in [5.41, 5.74) is 2.31. The van der Waals surface area contributed by atoms with E-state index in [2.05, 4.69) is 14.8 Å². The zero-order valence-electron chi connectivity index (χ0n) is 13.2. The zero-order chi connectivity index (χ0) is 17.7. The monoisotopic (exact) mass is 353 g/mol. The van der Waals surface area contributed by atoms with Crippen LogP contribution in [0.5, 0.6) is 0 Å². The molecule has 0 spiro atoms. The van der Waals surface area contributed by atoms with Gasteiger partial charge < -0.3 is 0 Å². The predicted molar refractivity (Wildman–Crippen MR) is 90.7 cm³/mol. The lowest BCUT2D eigenvalue weighted by Crippen LogP contribution is -2.23. The molecule has 0 unspecified atom stereocenters. The van der Waals surface area contributed by atoms with Gasteiger partial charge in [-0.25, -0.2) is 22.8 Å². The number of nitriles is 1. The maximum absolute atomic E-state index is 12.3. The Hall–Kier alpha value is -3.02. The number of sulfonamides is 1. The standard InChI is InChI=1S/C17H15N5O2S/c18-9-14-5-7-17(8-6-14)25(23,24)21-10-15-1-3-16(4-2-15)11-22-13-19-12-20-22/h1-8,12-13,21H,10-11H2. The van der Waals surface area contributed by atoms with Crippen molar-refractivity contribution < 1.29 is 8.42 Å². The summed E-state index contributed by atoms with van der Waals surface area (Å²) in [6, 6.07) is 15.3. The van der Waals surface area contributed by atoms with Crippen LogP contribution < -0.4 is 4.72 Å². The van der Waals surface area contributed by atoms with Gasteiger partial charge in [-0.2, -0.15) is 10.4 Å². The molecule has 0 aliphatic carbocycles. The second-order valence-corrected chi connectivity index (χ2v) is 7.14. The van der Waals surface area contributed by atoms with Crippen LogP contribution in [0.3, 0.4) is 0 Å². The molecule has 1 heterocycles. The van der Waals surface area contributed by atoms with Crippen molar-refractivity contribution in [2.45, 2.75) is 18.0 Å². The summed E-state index contributed by atoms with van der Waals surface area (Å²) in [6.45, 7) is 0.795. The maximum atomic E-state index is 12.3. The topological polar surface area (TPSA) is 101 Å². The molecule has 0 bridgehead atoms. The van der Waals surface area contributed by atoms with E-state index in [4.69, 9.17) is 5.26 Å². The van der Waals surface area contributed by atoms with Gasteiger partial charge in [0.25, 0.3) is 0 Å². The lowest BCUT2D eigenvalue weighted by Gasteiger charge is -2.08. The van der Waals surface area contributed by atoms with Gasteiger partial charge >= 0.3 is 0 Å². The Labute approximate surface area is 145 Å². The maximum Gasteiger partial charge on any atom is 0.240 e. The van der Waals surface area contributed by atoms with Crippen molar-refractivity contribution in [2.24, 2.45) is 0 Å². The first-order valence-corrected chi connectivity index (χ1v) is 8.95. The Bertz CT molecular complexity index is 973. The molecule has 3 rings (SSSR count). The van der Waals surface area contributed by atoms with E-state index >= 15 is 0 Å². The van der Waals surface area contributed by atoms with E-state index in [0.29, 0.717) is 12.1 Å². The van der Waals surface area contributed by atoms with E-state index < -0.39 is 10.0 Å². The number of rotatable bonds is 6. The number of nitrogens with zero attached hydrogens (tertiary/aromatic N) is 4. The third kappa shape index (κ3) is 4.29. The van der Waals surface area contributed by atoms with Crippen LogP contribution in [-0.4, -0.2) is 23.2 Å². The van der Waals surface area contributed by atoms with Crippen LogP contribution in [-0.2, 0) is 23.1 Å². The molecule has 0 saturated carbocycles. The number of hydrogen-bond donors (Lipinski definition) is 1. The van der Waals surface area contributed by atoms with Gasteiger partial charge in [-0.1, -0.05) is 24.3 Å². The van der Waals surface area contributed by atoms with Crippen LogP contribution in [0.2, 0.25) is 0 Å². The summed E-state index contributed by atoms with van der Waals surface area (Å²) in [5, 5.41) is 12.8. The van der Waals surface area contributed by atoms with Crippen LogP contribution in [0.25, 0.3) is 0 Å². The van der Waals surface area contributed by atoms with Crippen molar-refractivity contribution in [2.75, 3.05) is 0 Å². The molecule has 7 nitrogen and oxygen atoms in total. The fourth-order valence-corrected chi connectivity index (χ4v) is 3.25. The quantitative estimate of drug-likeness (QED) is 0.726. The average molecular weight is 353 g/mol. The van der Waals surface area contributed by atoms with Gasteiger partial charge in [-0.15, -0.1) is 0 Å². The van der Waals surface area contributed by atoms with Gasteiger partial charge in [0.15, 0.2) is 0 Å². The van der Waals surface area contributed by atoms with E-state index in [0.717, 1.165) is 11.1 Å². The average Bonchev–Trinajstić information content (AvgIpc) is 3.14. The summed E-state index contributed by atoms with van der Waals surface area (Å²) in [6.07, 6.45) is 3.12. The van der Waals surface area contributed by atoms with Crippen LogP contribution in [0.4, 0.5) is 0 Å². The molecule has 0 aliphatic heterocycles. The molecule has 2 aromatic carbocycles. The second kappa shape index (κ2) is 7.25. The first-order valence-electron chi connectivity index (χ1n) is 7.47. The SMILES string of the molecule is N#Cc1ccc(S(=O)(=O)NCc2ccc(Cn3cncn3)cc2)cc1. The Morgan fingerprint density at radius 3 is 2.32 bits per heavy atom. The molecule has 25 heavy (non-hydrogen) atoms. The van der Waals surface area contributed by atoms with Crippen LogP contribution in [0.1, 0.15) is 16.7 Å². The largest absolute Gasteiger partial charge is 0.249 e. The minimum absolute atomic E-state index is 0.134. The van der Waals surface area contributed by atoms with Crippen molar-refractivity contribution in [3.63, 3.8) is 0 Å². The molecule has 0 amide bonds. The van der Waals surface area contributed by atoms with Crippen molar-refractivity contribution in [1.82, 2.24) is 19.5 Å². The van der Waals surface area contributed by atoms with Gasteiger partial charge in [-0.05, 0) is 35.4 Å². The van der Waals surface area contributed by atoms with Gasteiger partial charge in [0.2, 0.25) is 10.0 Å². The van der Waals surface area contributed by atoms with E-state index in [1.165, 1.54) is 30.6 Å². The fourth-order valence-electron chi connectivity index (χ4n) is 2.23. The fraction of sp³-hybridized carbons (Fsp3) is 0.118. The van der Waals surface area contributed by atoms with E-state index in [9.17, 15) is 8.42 Å². The van der Waals surface area contributed by atoms with Crippen molar-refractivity contribution in [1.29, 1.82) is 5.26 Å².